The molecular weight excluding hydrogens is 310 g/mol. The second kappa shape index (κ2) is 6.56. The number of hydrogen-bond donors (Lipinski definition) is 1. The Morgan fingerprint density at radius 2 is 2.21 bits per heavy atom. The minimum atomic E-state index is -0.289. The van der Waals surface area contributed by atoms with E-state index >= 15 is 0 Å². The molecule has 3 rings (SSSR count). The first-order chi connectivity index (χ1) is 11.5. The maximum absolute atomic E-state index is 12.7. The van der Waals surface area contributed by atoms with Gasteiger partial charge in [-0.1, -0.05) is 0 Å². The average molecular weight is 331 g/mol. The number of aromatic nitrogens is 4. The van der Waals surface area contributed by atoms with Gasteiger partial charge in [0.1, 0.15) is 12.1 Å². The molecule has 1 aliphatic rings. The first-order valence-corrected chi connectivity index (χ1v) is 7.80. The minimum absolute atomic E-state index is 0.124. The predicted molar refractivity (Wildman–Crippen MR) is 86.7 cm³/mol. The standard InChI is InChI=1S/C16H21N5O3/c1-9-14(10(2)21(3)20-9)15-11(5-6-24-15)16(22)19-12-7-13(23-4)18-8-17-12/h7-8,11,15H,5-6H2,1-4H3,(H,17,18,19,22)/t11-,15-/m0/s1. The highest BCUT2D eigenvalue weighted by atomic mass is 16.5. The van der Waals surface area contributed by atoms with Crippen LogP contribution in [0.25, 0.3) is 0 Å². The fourth-order valence-electron chi connectivity index (χ4n) is 3.08. The van der Waals surface area contributed by atoms with Crippen LogP contribution < -0.4 is 10.1 Å². The Bertz CT molecular complexity index is 758. The van der Waals surface area contributed by atoms with E-state index in [1.807, 2.05) is 25.6 Å². The van der Waals surface area contributed by atoms with Gasteiger partial charge in [-0.15, -0.1) is 0 Å². The number of rotatable bonds is 4. The van der Waals surface area contributed by atoms with Crippen LogP contribution in [0, 0.1) is 19.8 Å². The topological polar surface area (TPSA) is 91.2 Å². The van der Waals surface area contributed by atoms with Gasteiger partial charge >= 0.3 is 0 Å². The highest BCUT2D eigenvalue weighted by Crippen LogP contribution is 2.38. The lowest BCUT2D eigenvalue weighted by Gasteiger charge is -2.18. The number of hydrogen-bond acceptors (Lipinski definition) is 6. The molecule has 1 saturated heterocycles. The Kier molecular flexibility index (Phi) is 4.48. The first-order valence-electron chi connectivity index (χ1n) is 7.80. The summed E-state index contributed by atoms with van der Waals surface area (Å²) in [7, 11) is 3.41. The summed E-state index contributed by atoms with van der Waals surface area (Å²) in [6, 6.07) is 1.59. The zero-order valence-electron chi connectivity index (χ0n) is 14.2. The van der Waals surface area contributed by atoms with Crippen molar-refractivity contribution in [2.24, 2.45) is 13.0 Å². The molecule has 0 unspecified atom stereocenters. The number of aryl methyl sites for hydroxylation is 2. The summed E-state index contributed by atoms with van der Waals surface area (Å²) < 4.78 is 12.7. The van der Waals surface area contributed by atoms with Gasteiger partial charge in [-0.05, 0) is 20.3 Å². The average Bonchev–Trinajstić information content (AvgIpc) is 3.12. The fraction of sp³-hybridized carbons (Fsp3) is 0.500. The van der Waals surface area contributed by atoms with Crippen molar-refractivity contribution in [3.8, 4) is 5.88 Å². The molecule has 8 nitrogen and oxygen atoms in total. The lowest BCUT2D eigenvalue weighted by Crippen LogP contribution is -2.26. The molecule has 2 atom stereocenters. The molecule has 1 N–H and O–H groups in total. The smallest absolute Gasteiger partial charge is 0.231 e. The van der Waals surface area contributed by atoms with Crippen LogP contribution in [0.4, 0.5) is 5.82 Å². The van der Waals surface area contributed by atoms with E-state index < -0.39 is 0 Å². The van der Waals surface area contributed by atoms with Crippen LogP contribution in [-0.2, 0) is 16.6 Å². The van der Waals surface area contributed by atoms with Crippen LogP contribution >= 0.6 is 0 Å². The lowest BCUT2D eigenvalue weighted by atomic mass is 9.93. The Morgan fingerprint density at radius 1 is 1.42 bits per heavy atom. The van der Waals surface area contributed by atoms with Crippen LogP contribution in [0.2, 0.25) is 0 Å². The van der Waals surface area contributed by atoms with E-state index in [9.17, 15) is 4.79 Å². The van der Waals surface area contributed by atoms with Gasteiger partial charge in [0.15, 0.2) is 0 Å². The van der Waals surface area contributed by atoms with Crippen molar-refractivity contribution in [3.05, 3.63) is 29.3 Å². The second-order valence-corrected chi connectivity index (χ2v) is 5.83. The number of amides is 1. The fourth-order valence-corrected chi connectivity index (χ4v) is 3.08. The minimum Gasteiger partial charge on any atom is -0.481 e. The van der Waals surface area contributed by atoms with Gasteiger partial charge in [-0.25, -0.2) is 9.97 Å². The summed E-state index contributed by atoms with van der Waals surface area (Å²) in [4.78, 5) is 20.7. The quantitative estimate of drug-likeness (QED) is 0.914. The van der Waals surface area contributed by atoms with Gasteiger partial charge in [0.25, 0.3) is 0 Å². The van der Waals surface area contributed by atoms with Crippen molar-refractivity contribution < 1.29 is 14.3 Å². The number of anilines is 1. The van der Waals surface area contributed by atoms with E-state index in [4.69, 9.17) is 9.47 Å². The Hall–Kier alpha value is -2.48. The van der Waals surface area contributed by atoms with Crippen molar-refractivity contribution in [2.75, 3.05) is 19.0 Å². The van der Waals surface area contributed by atoms with Crippen LogP contribution in [0.5, 0.6) is 5.88 Å². The number of methoxy groups -OCH3 is 1. The van der Waals surface area contributed by atoms with Crippen LogP contribution in [0.1, 0.15) is 29.5 Å². The molecule has 2 aromatic rings. The molecule has 2 aromatic heterocycles. The van der Waals surface area contributed by atoms with Crippen molar-refractivity contribution >= 4 is 11.7 Å². The van der Waals surface area contributed by atoms with E-state index in [0.29, 0.717) is 24.7 Å². The SMILES string of the molecule is COc1cc(NC(=O)[C@H]2CCO[C@@H]2c2c(C)nn(C)c2C)ncn1. The molecule has 0 bridgehead atoms. The molecule has 0 spiro atoms. The summed E-state index contributed by atoms with van der Waals surface area (Å²) >= 11 is 0. The normalized spacial score (nSPS) is 20.2. The van der Waals surface area contributed by atoms with Gasteiger partial charge < -0.3 is 14.8 Å². The maximum Gasteiger partial charge on any atom is 0.231 e. The lowest BCUT2D eigenvalue weighted by molar-refractivity contribution is -0.121. The van der Waals surface area contributed by atoms with E-state index in [0.717, 1.165) is 17.0 Å². The predicted octanol–water partition coefficient (Wildman–Crippen LogP) is 1.55. The van der Waals surface area contributed by atoms with Crippen molar-refractivity contribution in [2.45, 2.75) is 26.4 Å². The molecule has 128 valence electrons. The summed E-state index contributed by atoms with van der Waals surface area (Å²) in [6.45, 7) is 4.47. The van der Waals surface area contributed by atoms with Crippen molar-refractivity contribution in [1.82, 2.24) is 19.7 Å². The molecule has 0 aliphatic carbocycles. The molecule has 24 heavy (non-hydrogen) atoms. The van der Waals surface area contributed by atoms with Crippen molar-refractivity contribution in [1.29, 1.82) is 0 Å². The Balaban J connectivity index is 1.81. The third kappa shape index (κ3) is 2.96. The molecule has 1 fully saturated rings. The van der Waals surface area contributed by atoms with Crippen LogP contribution in [0.3, 0.4) is 0 Å². The summed E-state index contributed by atoms with van der Waals surface area (Å²) in [5.41, 5.74) is 2.90. The van der Waals surface area contributed by atoms with Crippen molar-refractivity contribution in [3.63, 3.8) is 0 Å². The van der Waals surface area contributed by atoms with Gasteiger partial charge in [0.05, 0.1) is 24.8 Å². The third-order valence-corrected chi connectivity index (χ3v) is 4.38. The molecule has 0 aromatic carbocycles. The first kappa shape index (κ1) is 16.4. The van der Waals surface area contributed by atoms with Crippen LogP contribution in [-0.4, -0.2) is 39.4 Å². The maximum atomic E-state index is 12.7. The summed E-state index contributed by atoms with van der Waals surface area (Å²) in [6.07, 6.45) is 1.72. The zero-order chi connectivity index (χ0) is 17.3. The molecule has 8 heteroatoms. The van der Waals surface area contributed by atoms with E-state index in [1.165, 1.54) is 13.4 Å². The molecule has 1 aliphatic heterocycles. The second-order valence-electron chi connectivity index (χ2n) is 5.83. The Morgan fingerprint density at radius 3 is 2.88 bits per heavy atom. The number of nitrogens with zero attached hydrogens (tertiary/aromatic N) is 4. The van der Waals surface area contributed by atoms with Gasteiger partial charge in [-0.2, -0.15) is 5.10 Å². The number of ether oxygens (including phenoxy) is 2. The van der Waals surface area contributed by atoms with E-state index in [1.54, 1.807) is 6.07 Å². The van der Waals surface area contributed by atoms with Gasteiger partial charge in [-0.3, -0.25) is 9.48 Å². The van der Waals surface area contributed by atoms with E-state index in [2.05, 4.69) is 20.4 Å². The molecule has 0 saturated carbocycles. The molecule has 1 amide bonds. The molecule has 3 heterocycles. The molecular formula is C16H21N5O3. The van der Waals surface area contributed by atoms with Crippen LogP contribution in [0.15, 0.2) is 12.4 Å². The summed E-state index contributed by atoms with van der Waals surface area (Å²) in [5, 5.41) is 7.25. The summed E-state index contributed by atoms with van der Waals surface area (Å²) in [5.74, 6) is 0.407. The zero-order valence-corrected chi connectivity index (χ0v) is 14.2. The Labute approximate surface area is 140 Å². The number of carbonyl (C=O) groups excluding carboxylic acids is 1. The van der Waals surface area contributed by atoms with Gasteiger partial charge in [0, 0.05) is 31.0 Å². The highest BCUT2D eigenvalue weighted by molar-refractivity contribution is 5.92. The largest absolute Gasteiger partial charge is 0.481 e. The molecule has 0 radical (unpaired) electrons. The third-order valence-electron chi connectivity index (χ3n) is 4.38. The van der Waals surface area contributed by atoms with Gasteiger partial charge in [0.2, 0.25) is 11.8 Å². The number of carbonyl (C=O) groups is 1. The monoisotopic (exact) mass is 331 g/mol. The number of nitrogens with one attached hydrogen (secondary N) is 1. The highest BCUT2D eigenvalue weighted by Gasteiger charge is 2.38. The van der Waals surface area contributed by atoms with E-state index in [-0.39, 0.29) is 17.9 Å².